The first kappa shape index (κ1) is 32.8. The van der Waals surface area contributed by atoms with Gasteiger partial charge in [0, 0.05) is 61.3 Å². The Bertz CT molecular complexity index is 1620. The summed E-state index contributed by atoms with van der Waals surface area (Å²) in [5, 5.41) is 11.0. The smallest absolute Gasteiger partial charge is 0.332 e. The third kappa shape index (κ3) is 6.95. The molecule has 3 heterocycles. The summed E-state index contributed by atoms with van der Waals surface area (Å²) < 4.78 is 19.1. The van der Waals surface area contributed by atoms with Gasteiger partial charge < -0.3 is 29.7 Å². The number of pyridine rings is 1. The van der Waals surface area contributed by atoms with E-state index in [9.17, 15) is 14.4 Å². The molecule has 246 valence electrons. The summed E-state index contributed by atoms with van der Waals surface area (Å²) in [6.45, 7) is 7.30. The van der Waals surface area contributed by atoms with E-state index >= 15 is 0 Å². The summed E-state index contributed by atoms with van der Waals surface area (Å²) >= 11 is 0. The monoisotopic (exact) mass is 632 g/mol. The summed E-state index contributed by atoms with van der Waals surface area (Å²) in [5.41, 5.74) is 1.99. The van der Waals surface area contributed by atoms with Crippen LogP contribution in [0, 0.1) is 12.8 Å². The largest absolute Gasteiger partial charge is 0.496 e. The zero-order valence-electron chi connectivity index (χ0n) is 27.3. The number of hydrogen-bond donors (Lipinski definition) is 2. The standard InChI is InChI=1S/C34H44N6O6/c1-6-40-21-23(20-35-40)27-18-29(25-13-14-28(44-5)22(3)30(25)36-27)46-17-15-26-31(41)38-34(32(42)45-7-2)19-24(34)12-10-8-9-11-16-39(4)33(43)37-26/h10,12-14,18,20-21,24,26H,6-9,11,15-17,19H2,1-5H3,(H,37,43)(H,38,41)/b12-10-/t24-,26+,34-/m1/s1. The van der Waals surface area contributed by atoms with Crippen molar-refractivity contribution in [1.82, 2.24) is 30.3 Å². The van der Waals surface area contributed by atoms with Gasteiger partial charge in [0.1, 0.15) is 23.1 Å². The number of esters is 1. The van der Waals surface area contributed by atoms with Crippen molar-refractivity contribution < 1.29 is 28.6 Å². The van der Waals surface area contributed by atoms with Crippen LogP contribution in [0.4, 0.5) is 4.79 Å². The molecule has 46 heavy (non-hydrogen) atoms. The van der Waals surface area contributed by atoms with Gasteiger partial charge in [-0.3, -0.25) is 9.48 Å². The summed E-state index contributed by atoms with van der Waals surface area (Å²) in [6.07, 6.45) is 10.9. The Balaban J connectivity index is 1.41. The normalized spacial score (nSPS) is 22.7. The fraction of sp³-hybridized carbons (Fsp3) is 0.500. The van der Waals surface area contributed by atoms with Crippen molar-refractivity contribution in [3.63, 3.8) is 0 Å². The van der Waals surface area contributed by atoms with Crippen molar-refractivity contribution in [2.24, 2.45) is 5.92 Å². The highest BCUT2D eigenvalue weighted by molar-refractivity contribution is 5.95. The number of carbonyl (C=O) groups excluding carboxylic acids is 3. The first-order chi connectivity index (χ1) is 22.2. The zero-order valence-corrected chi connectivity index (χ0v) is 27.3. The molecule has 0 bridgehead atoms. The minimum atomic E-state index is -1.14. The molecule has 1 fully saturated rings. The lowest BCUT2D eigenvalue weighted by molar-refractivity contribution is -0.149. The average Bonchev–Trinajstić information content (AvgIpc) is 3.52. The van der Waals surface area contributed by atoms with Crippen LogP contribution < -0.4 is 20.1 Å². The summed E-state index contributed by atoms with van der Waals surface area (Å²) in [7, 11) is 3.33. The summed E-state index contributed by atoms with van der Waals surface area (Å²) in [5.74, 6) is 0.206. The van der Waals surface area contributed by atoms with Crippen LogP contribution in [0.15, 0.2) is 42.7 Å². The Morgan fingerprint density at radius 1 is 1.17 bits per heavy atom. The van der Waals surface area contributed by atoms with Crippen molar-refractivity contribution in [3.8, 4) is 22.8 Å². The van der Waals surface area contributed by atoms with E-state index < -0.39 is 23.5 Å². The van der Waals surface area contributed by atoms with Gasteiger partial charge in [0.2, 0.25) is 5.91 Å². The van der Waals surface area contributed by atoms with Crippen LogP contribution in [0.5, 0.6) is 11.5 Å². The van der Waals surface area contributed by atoms with E-state index in [0.717, 1.165) is 47.8 Å². The second-order valence-electron chi connectivity index (χ2n) is 11.9. The lowest BCUT2D eigenvalue weighted by Gasteiger charge is -2.26. The number of carbonyl (C=O) groups is 3. The van der Waals surface area contributed by atoms with Gasteiger partial charge in [-0.15, -0.1) is 0 Å². The molecular formula is C34H44N6O6. The van der Waals surface area contributed by atoms with Gasteiger partial charge >= 0.3 is 12.0 Å². The number of aryl methyl sites for hydroxylation is 2. The lowest BCUT2D eigenvalue weighted by Crippen LogP contribution is -2.56. The van der Waals surface area contributed by atoms with Gasteiger partial charge in [-0.25, -0.2) is 14.6 Å². The molecule has 0 spiro atoms. The Morgan fingerprint density at radius 2 is 2.00 bits per heavy atom. The molecule has 12 heteroatoms. The van der Waals surface area contributed by atoms with Crippen LogP contribution >= 0.6 is 0 Å². The third-order valence-corrected chi connectivity index (χ3v) is 8.73. The number of rotatable bonds is 9. The van der Waals surface area contributed by atoms with Crippen molar-refractivity contribution in [2.45, 2.75) is 71.0 Å². The summed E-state index contributed by atoms with van der Waals surface area (Å²) in [6, 6.07) is 4.32. The number of nitrogens with one attached hydrogen (secondary N) is 2. The highest BCUT2D eigenvalue weighted by Crippen LogP contribution is 2.46. The maximum atomic E-state index is 13.8. The van der Waals surface area contributed by atoms with Crippen LogP contribution in [0.3, 0.4) is 0 Å². The first-order valence-electron chi connectivity index (χ1n) is 16.0. The average molecular weight is 633 g/mol. The second kappa shape index (κ2) is 14.2. The molecule has 2 N–H and O–H groups in total. The van der Waals surface area contributed by atoms with Crippen LogP contribution in [-0.2, 0) is 20.9 Å². The van der Waals surface area contributed by atoms with Crippen LogP contribution in [-0.4, -0.2) is 83.1 Å². The van der Waals surface area contributed by atoms with Crippen molar-refractivity contribution in [2.75, 3.05) is 33.9 Å². The molecule has 12 nitrogen and oxygen atoms in total. The number of fused-ring (bicyclic) bond motifs is 2. The lowest BCUT2D eigenvalue weighted by atomic mass is 10.1. The highest BCUT2D eigenvalue weighted by atomic mass is 16.5. The van der Waals surface area contributed by atoms with Crippen molar-refractivity contribution in [3.05, 3.63) is 48.3 Å². The highest BCUT2D eigenvalue weighted by Gasteiger charge is 2.61. The molecule has 2 aromatic heterocycles. The molecule has 2 aliphatic rings. The molecule has 3 amide bonds. The second-order valence-corrected chi connectivity index (χ2v) is 11.9. The number of urea groups is 1. The Morgan fingerprint density at radius 3 is 2.74 bits per heavy atom. The predicted molar refractivity (Wildman–Crippen MR) is 174 cm³/mol. The van der Waals surface area contributed by atoms with Gasteiger partial charge in [-0.2, -0.15) is 5.10 Å². The molecule has 3 aromatic rings. The number of amides is 3. The Labute approximate surface area is 269 Å². The number of benzene rings is 1. The van der Waals surface area contributed by atoms with Gasteiger partial charge in [0.15, 0.2) is 0 Å². The molecular weight excluding hydrogens is 588 g/mol. The number of hydrogen-bond acceptors (Lipinski definition) is 8. The molecule has 5 rings (SSSR count). The molecule has 1 saturated carbocycles. The topological polar surface area (TPSA) is 137 Å². The SMILES string of the molecule is CCOC(=O)[C@@]12C[C@H]1/C=C\CCCCN(C)C(=O)N[C@@H](CCOc1cc(-c3cnn(CC)c3)nc3c(C)c(OC)ccc13)C(=O)N2. The Hall–Kier alpha value is -4.61. The summed E-state index contributed by atoms with van der Waals surface area (Å²) in [4.78, 5) is 46.4. The van der Waals surface area contributed by atoms with E-state index in [2.05, 4.69) is 15.7 Å². The number of allylic oxidation sites excluding steroid dienone is 1. The number of nitrogens with zero attached hydrogens (tertiary/aromatic N) is 4. The molecule has 0 unspecified atom stereocenters. The van der Waals surface area contributed by atoms with Crippen LogP contribution in [0.2, 0.25) is 0 Å². The van der Waals surface area contributed by atoms with E-state index in [-0.39, 0.29) is 31.6 Å². The molecule has 1 aliphatic heterocycles. The van der Waals surface area contributed by atoms with Gasteiger partial charge in [0.05, 0.1) is 37.7 Å². The zero-order chi connectivity index (χ0) is 32.8. The van der Waals surface area contributed by atoms with Gasteiger partial charge in [-0.1, -0.05) is 12.2 Å². The minimum Gasteiger partial charge on any atom is -0.496 e. The molecule has 3 atom stereocenters. The maximum Gasteiger partial charge on any atom is 0.332 e. The molecule has 1 aliphatic carbocycles. The van der Waals surface area contributed by atoms with Crippen LogP contribution in [0.1, 0.15) is 51.5 Å². The van der Waals surface area contributed by atoms with E-state index in [1.165, 1.54) is 0 Å². The predicted octanol–water partition coefficient (Wildman–Crippen LogP) is 4.39. The Kier molecular flexibility index (Phi) is 10.1. The van der Waals surface area contributed by atoms with Crippen molar-refractivity contribution >= 4 is 28.8 Å². The van der Waals surface area contributed by atoms with E-state index in [1.807, 2.05) is 55.1 Å². The minimum absolute atomic E-state index is 0.107. The van der Waals surface area contributed by atoms with E-state index in [1.54, 1.807) is 32.2 Å². The van der Waals surface area contributed by atoms with Gasteiger partial charge in [-0.05, 0) is 58.6 Å². The van der Waals surface area contributed by atoms with Gasteiger partial charge in [0.25, 0.3) is 0 Å². The van der Waals surface area contributed by atoms with E-state index in [4.69, 9.17) is 19.2 Å². The fourth-order valence-electron chi connectivity index (χ4n) is 5.84. The fourth-order valence-corrected chi connectivity index (χ4v) is 5.84. The molecule has 1 aromatic carbocycles. The third-order valence-electron chi connectivity index (χ3n) is 8.73. The molecule has 0 saturated heterocycles. The number of aromatic nitrogens is 3. The van der Waals surface area contributed by atoms with E-state index in [0.29, 0.717) is 30.2 Å². The number of ether oxygens (including phenoxy) is 3. The van der Waals surface area contributed by atoms with Crippen LogP contribution in [0.25, 0.3) is 22.2 Å². The maximum absolute atomic E-state index is 13.8. The molecule has 0 radical (unpaired) electrons. The first-order valence-corrected chi connectivity index (χ1v) is 16.0. The quantitative estimate of drug-likeness (QED) is 0.262. The number of methoxy groups -OCH3 is 1. The van der Waals surface area contributed by atoms with Crippen molar-refractivity contribution in [1.29, 1.82) is 0 Å².